The second-order valence-electron chi connectivity index (χ2n) is 23.0. The molecule has 0 spiro atoms. The summed E-state index contributed by atoms with van der Waals surface area (Å²) in [5.41, 5.74) is 14.3. The minimum atomic E-state index is -1.26. The number of carbonyl (C=O) groups is 8. The summed E-state index contributed by atoms with van der Waals surface area (Å²) < 4.78 is 0. The van der Waals surface area contributed by atoms with Gasteiger partial charge in [0.1, 0.15) is 0 Å². The highest BCUT2D eigenvalue weighted by Gasteiger charge is 2.21. The van der Waals surface area contributed by atoms with E-state index in [-0.39, 0.29) is 44.5 Å². The molecule has 0 amide bonds. The molecule has 0 aliphatic carbocycles. The topological polar surface area (TPSA) is 298 Å². The summed E-state index contributed by atoms with van der Waals surface area (Å²) in [6.07, 6.45) is 0. The minimum Gasteiger partial charge on any atom is -0.478 e. The van der Waals surface area contributed by atoms with Crippen molar-refractivity contribution in [2.24, 2.45) is 0 Å². The van der Waals surface area contributed by atoms with Crippen LogP contribution in [0.2, 0.25) is 0 Å². The SMILES string of the molecule is O=C(O)c1cc(C(=O)O)cc(-c2ccc(-c3ccc(C(=C(c4ccc(-c5ccc(-c6cc(C(=O)O)cc(C(=O)O)c6)cc5)cc4)c4ccc(-c5ccc(-c6cc(C(=O)O)cc(C(=O)O)c6)cc5)cc4)c4ccc(-c5ccc(-c6cc(C(=O)O)cc(C(=O)O)c6)cc5)cc4)cc3)cc2)c1. The van der Waals surface area contributed by atoms with Crippen LogP contribution < -0.4 is 0 Å². The first-order valence-corrected chi connectivity index (χ1v) is 30.2. The smallest absolute Gasteiger partial charge is 0.335 e. The Kier molecular flexibility index (Phi) is 17.7. The Labute approximate surface area is 558 Å². The highest BCUT2D eigenvalue weighted by molar-refractivity contribution is 6.06. The van der Waals surface area contributed by atoms with Crippen molar-refractivity contribution in [3.05, 3.63) is 334 Å². The maximum Gasteiger partial charge on any atom is 0.335 e. The van der Waals surface area contributed by atoms with Gasteiger partial charge in [0, 0.05) is 0 Å². The molecule has 12 rings (SSSR count). The monoisotopic (exact) mass is 1290 g/mol. The van der Waals surface area contributed by atoms with Crippen LogP contribution in [0.3, 0.4) is 0 Å². The van der Waals surface area contributed by atoms with Gasteiger partial charge in [-0.05, 0) is 195 Å². The Morgan fingerprint density at radius 3 is 0.347 bits per heavy atom. The van der Waals surface area contributed by atoms with Gasteiger partial charge >= 0.3 is 47.8 Å². The molecule has 12 aromatic rings. The van der Waals surface area contributed by atoms with Crippen molar-refractivity contribution in [2.45, 2.75) is 0 Å². The Balaban J connectivity index is 0.975. The third-order valence-electron chi connectivity index (χ3n) is 16.9. The van der Waals surface area contributed by atoms with E-state index in [1.165, 1.54) is 48.5 Å². The molecule has 0 aromatic heterocycles. The average molecular weight is 1290 g/mol. The summed E-state index contributed by atoms with van der Waals surface area (Å²) in [7, 11) is 0. The summed E-state index contributed by atoms with van der Waals surface area (Å²) in [5.74, 6) is -10.1. The van der Waals surface area contributed by atoms with Gasteiger partial charge in [-0.15, -0.1) is 0 Å². The van der Waals surface area contributed by atoms with Crippen molar-refractivity contribution in [3.8, 4) is 89.0 Å². The zero-order valence-electron chi connectivity index (χ0n) is 51.2. The van der Waals surface area contributed by atoms with Gasteiger partial charge in [-0.25, -0.2) is 38.4 Å². The largest absolute Gasteiger partial charge is 0.478 e. The third kappa shape index (κ3) is 13.8. The first kappa shape index (κ1) is 64.3. The average Bonchev–Trinajstić information content (AvgIpc) is 0.772. The van der Waals surface area contributed by atoms with Crippen molar-refractivity contribution in [3.63, 3.8) is 0 Å². The van der Waals surface area contributed by atoms with Crippen molar-refractivity contribution in [2.75, 3.05) is 0 Å². The van der Waals surface area contributed by atoms with E-state index in [0.29, 0.717) is 44.5 Å². The van der Waals surface area contributed by atoms with Gasteiger partial charge in [0.05, 0.1) is 44.5 Å². The summed E-state index contributed by atoms with van der Waals surface area (Å²) in [6.45, 7) is 0. The van der Waals surface area contributed by atoms with E-state index in [2.05, 4.69) is 0 Å². The Morgan fingerprint density at radius 1 is 0.133 bits per heavy atom. The summed E-state index contributed by atoms with van der Waals surface area (Å²) in [6, 6.07) is 77.1. The molecular weight excluding hydrogens is 1240 g/mol. The summed E-state index contributed by atoms with van der Waals surface area (Å²) >= 11 is 0. The first-order valence-electron chi connectivity index (χ1n) is 30.2. The van der Waals surface area contributed by atoms with Crippen LogP contribution in [0.1, 0.15) is 105 Å². The molecular formula is C82H52O16. The van der Waals surface area contributed by atoms with Gasteiger partial charge in [-0.1, -0.05) is 194 Å². The van der Waals surface area contributed by atoms with Gasteiger partial charge in [-0.3, -0.25) is 0 Å². The maximum atomic E-state index is 12.0. The zero-order valence-corrected chi connectivity index (χ0v) is 51.2. The van der Waals surface area contributed by atoms with Gasteiger partial charge in [0.2, 0.25) is 0 Å². The van der Waals surface area contributed by atoms with E-state index in [9.17, 15) is 79.2 Å². The molecule has 0 aliphatic rings. The van der Waals surface area contributed by atoms with E-state index >= 15 is 0 Å². The molecule has 0 bridgehead atoms. The molecule has 476 valence electrons. The lowest BCUT2D eigenvalue weighted by molar-refractivity contribution is 0.0676. The van der Waals surface area contributed by atoms with E-state index in [1.807, 2.05) is 146 Å². The zero-order chi connectivity index (χ0) is 69.1. The highest BCUT2D eigenvalue weighted by atomic mass is 16.4. The van der Waals surface area contributed by atoms with Crippen molar-refractivity contribution in [1.29, 1.82) is 0 Å². The predicted molar refractivity (Wildman–Crippen MR) is 370 cm³/mol. The van der Waals surface area contributed by atoms with Crippen LogP contribution in [0.4, 0.5) is 0 Å². The van der Waals surface area contributed by atoms with Crippen LogP contribution in [-0.2, 0) is 0 Å². The van der Waals surface area contributed by atoms with Gasteiger partial charge in [0.15, 0.2) is 0 Å². The molecule has 0 saturated carbocycles. The number of carboxylic acid groups (broad SMARTS) is 8. The molecule has 98 heavy (non-hydrogen) atoms. The maximum absolute atomic E-state index is 12.0. The lowest BCUT2D eigenvalue weighted by atomic mass is 9.84. The Hall–Kier alpha value is -13.9. The molecule has 0 radical (unpaired) electrons. The van der Waals surface area contributed by atoms with Crippen LogP contribution >= 0.6 is 0 Å². The molecule has 0 heterocycles. The van der Waals surface area contributed by atoms with Crippen molar-refractivity contribution < 1.29 is 79.2 Å². The fraction of sp³-hybridized carbons (Fsp3) is 0. The van der Waals surface area contributed by atoms with E-state index in [1.54, 1.807) is 48.5 Å². The molecule has 0 aliphatic heterocycles. The van der Waals surface area contributed by atoms with E-state index in [0.717, 1.165) is 102 Å². The fourth-order valence-electron chi connectivity index (χ4n) is 11.8. The predicted octanol–water partition coefficient (Wildman–Crippen LogP) is 17.6. The number of hydrogen-bond donors (Lipinski definition) is 8. The summed E-state index contributed by atoms with van der Waals surface area (Å²) in [5, 5.41) is 78.2. The fourth-order valence-corrected chi connectivity index (χ4v) is 11.8. The van der Waals surface area contributed by atoms with Crippen LogP contribution in [0.25, 0.3) is 100 Å². The van der Waals surface area contributed by atoms with E-state index < -0.39 is 47.8 Å². The number of aromatic carboxylic acids is 8. The molecule has 0 atom stereocenters. The lowest BCUT2D eigenvalue weighted by Crippen LogP contribution is -2.03. The van der Waals surface area contributed by atoms with Crippen LogP contribution in [-0.4, -0.2) is 88.6 Å². The molecule has 12 aromatic carbocycles. The van der Waals surface area contributed by atoms with Crippen LogP contribution in [0, 0.1) is 0 Å². The van der Waals surface area contributed by atoms with E-state index in [4.69, 9.17) is 0 Å². The second kappa shape index (κ2) is 27.0. The number of carboxylic acids is 8. The molecule has 0 fully saturated rings. The van der Waals surface area contributed by atoms with Crippen LogP contribution in [0.5, 0.6) is 0 Å². The minimum absolute atomic E-state index is 0.164. The molecule has 0 unspecified atom stereocenters. The number of rotatable bonds is 20. The lowest BCUT2D eigenvalue weighted by Gasteiger charge is -2.20. The second-order valence-corrected chi connectivity index (χ2v) is 23.0. The quantitative estimate of drug-likeness (QED) is 0.0329. The standard InChI is InChI=1S/C82H52O16/c83-75(84)65-33-61(34-66(41-65)76(85)86)53-9-1-45(2-10-53)49-17-25-57(26-18-49)73(58-27-19-50(20-28-58)46-3-11-54(12-4-46)62-35-67(77(87)88)42-68(36-62)78(89)90)74(59-29-21-51(22-30-59)47-5-13-55(14-6-47)63-37-69(79(91)92)43-70(38-63)80(93)94)60-31-23-52(24-32-60)48-7-15-56(16-8-48)64-39-71(81(95)96)44-72(40-64)82(97)98/h1-44H,(H,83,84)(H,85,86)(H,87,88)(H,89,90)(H,91,92)(H,93,94)(H,95,96)(H,97,98). The van der Waals surface area contributed by atoms with Gasteiger partial charge < -0.3 is 40.9 Å². The molecule has 16 heteroatoms. The van der Waals surface area contributed by atoms with Gasteiger partial charge in [-0.2, -0.15) is 0 Å². The van der Waals surface area contributed by atoms with Crippen molar-refractivity contribution >= 4 is 58.9 Å². The highest BCUT2D eigenvalue weighted by Crippen LogP contribution is 2.41. The molecule has 0 saturated heterocycles. The van der Waals surface area contributed by atoms with Crippen molar-refractivity contribution in [1.82, 2.24) is 0 Å². The van der Waals surface area contributed by atoms with Crippen LogP contribution in [0.15, 0.2) is 267 Å². The molecule has 8 N–H and O–H groups in total. The third-order valence-corrected chi connectivity index (χ3v) is 16.9. The number of hydrogen-bond acceptors (Lipinski definition) is 8. The molecule has 16 nitrogen and oxygen atoms in total. The Morgan fingerprint density at radius 2 is 0.235 bits per heavy atom. The Bertz CT molecular complexity index is 4460. The van der Waals surface area contributed by atoms with Gasteiger partial charge in [0.25, 0.3) is 0 Å². The summed E-state index contributed by atoms with van der Waals surface area (Å²) in [4.78, 5) is 95.9. The first-order chi connectivity index (χ1) is 47.1. The number of benzene rings is 12. The normalized spacial score (nSPS) is 10.9.